The summed E-state index contributed by atoms with van der Waals surface area (Å²) in [6.45, 7) is 10.9. The van der Waals surface area contributed by atoms with E-state index >= 15 is 0 Å². The van der Waals surface area contributed by atoms with E-state index in [9.17, 15) is 4.79 Å². The van der Waals surface area contributed by atoms with Crippen molar-refractivity contribution in [2.75, 3.05) is 34.2 Å². The third-order valence-corrected chi connectivity index (χ3v) is 9.61. The van der Waals surface area contributed by atoms with Crippen molar-refractivity contribution in [1.29, 1.82) is 0 Å². The van der Waals surface area contributed by atoms with Crippen LogP contribution in [0.25, 0.3) is 0 Å². The van der Waals surface area contributed by atoms with E-state index in [0.717, 1.165) is 31.0 Å². The molecule has 0 saturated heterocycles. The summed E-state index contributed by atoms with van der Waals surface area (Å²) in [4.78, 5) is 29.2. The number of H-pyrrole nitrogens is 1. The van der Waals surface area contributed by atoms with Crippen LogP contribution in [0, 0.1) is 38.5 Å². The van der Waals surface area contributed by atoms with E-state index in [2.05, 4.69) is 82.5 Å². The number of hydrogen-bond acceptors (Lipinski definition) is 9. The van der Waals surface area contributed by atoms with Crippen LogP contribution >= 0.6 is 11.3 Å². The smallest absolute Gasteiger partial charge is 0.381 e. The lowest BCUT2D eigenvalue weighted by Gasteiger charge is -2.30. The van der Waals surface area contributed by atoms with Gasteiger partial charge in [-0.2, -0.15) is 0 Å². The van der Waals surface area contributed by atoms with Gasteiger partial charge in [-0.25, -0.2) is 9.78 Å². The lowest BCUT2D eigenvalue weighted by atomic mass is 9.80. The zero-order valence-corrected chi connectivity index (χ0v) is 28.2. The first-order valence-corrected chi connectivity index (χ1v) is 16.4. The van der Waals surface area contributed by atoms with E-state index < -0.39 is 5.76 Å². The lowest BCUT2D eigenvalue weighted by Crippen LogP contribution is -2.34. The Morgan fingerprint density at radius 3 is 2.16 bits per heavy atom. The average molecular weight is 615 g/mol. The van der Waals surface area contributed by atoms with Gasteiger partial charge >= 0.3 is 5.76 Å². The molecule has 11 heteroatoms. The van der Waals surface area contributed by atoms with Gasteiger partial charge in [0.05, 0.1) is 22.7 Å². The van der Waals surface area contributed by atoms with Crippen LogP contribution in [0.4, 0.5) is 0 Å². The lowest BCUT2D eigenvalue weighted by molar-refractivity contribution is 0.249. The summed E-state index contributed by atoms with van der Waals surface area (Å²) < 4.78 is 4.17. The maximum Gasteiger partial charge on any atom is 0.439 e. The number of aliphatic imine (C=N–C) groups is 2. The Hall–Kier alpha value is -2.97. The zero-order chi connectivity index (χ0) is 32.0. The van der Waals surface area contributed by atoms with Crippen LogP contribution in [0.15, 0.2) is 19.3 Å². The number of amidine groups is 2. The molecule has 0 bridgehead atoms. The number of thiazole rings is 1. The molecule has 10 nitrogen and oxygen atoms in total. The van der Waals surface area contributed by atoms with Gasteiger partial charge in [-0.3, -0.25) is 19.5 Å². The molecular formula is C32H54N8O2S. The molecule has 43 heavy (non-hydrogen) atoms. The van der Waals surface area contributed by atoms with Gasteiger partial charge in [-0.05, 0) is 65.3 Å². The van der Waals surface area contributed by atoms with Crippen LogP contribution in [0.2, 0.25) is 0 Å². The second-order valence-electron chi connectivity index (χ2n) is 11.9. The van der Waals surface area contributed by atoms with Gasteiger partial charge in [0.2, 0.25) is 5.82 Å². The molecule has 0 radical (unpaired) electrons. The highest BCUT2D eigenvalue weighted by Gasteiger charge is 2.53. The highest BCUT2D eigenvalue weighted by Crippen LogP contribution is 2.52. The summed E-state index contributed by atoms with van der Waals surface area (Å²) in [5.74, 6) is 2.97. The number of nitrogens with two attached hydrogens (primary N) is 1. The summed E-state index contributed by atoms with van der Waals surface area (Å²) in [6.07, 6.45) is 22.2. The Kier molecular flexibility index (Phi) is 15.1. The second-order valence-corrected chi connectivity index (χ2v) is 13.3. The molecule has 3 saturated carbocycles. The standard InChI is InChI=1S/C12H17N3S.C7H15N.C7H14.C4H6N4O2.C2H2/c1-8-10(14-9(2)16-8)12(4-5-12)11-13-6-7-15(11)3;1-6(8-2)7-4-3-5-7;1-7-5-3-2-4-6-7;1-6-2(5)3-7-4(9)10-8-3;1-2/h4-7H2,1-3H3;6-8H,3-5H2,1-2H3;7H,2-6H2,1H3;1H3,(H2,5,6)(H,7,8,9);1-2H/t;6-;;;/m.1.../s1. The Balaban J connectivity index is 0.000000208. The fourth-order valence-electron chi connectivity index (χ4n) is 5.64. The molecule has 1 atom stereocenters. The van der Waals surface area contributed by atoms with E-state index in [4.69, 9.17) is 10.7 Å². The molecule has 0 aromatic carbocycles. The van der Waals surface area contributed by atoms with E-state index in [0.29, 0.717) is 0 Å². The molecule has 2 aromatic rings. The quantitative estimate of drug-likeness (QED) is 0.243. The van der Waals surface area contributed by atoms with Crippen LogP contribution in [0.1, 0.15) is 99.5 Å². The first-order chi connectivity index (χ1) is 20.6. The molecule has 240 valence electrons. The average Bonchev–Trinajstić information content (AvgIpc) is 3.24. The molecule has 1 aliphatic heterocycles. The first kappa shape index (κ1) is 36.2. The summed E-state index contributed by atoms with van der Waals surface area (Å²) >= 11 is 1.81. The van der Waals surface area contributed by atoms with Gasteiger partial charge in [-0.15, -0.1) is 24.2 Å². The molecule has 6 rings (SSSR count). The zero-order valence-electron chi connectivity index (χ0n) is 27.4. The van der Waals surface area contributed by atoms with Crippen LogP contribution in [0.3, 0.4) is 0 Å². The molecule has 4 N–H and O–H groups in total. The summed E-state index contributed by atoms with van der Waals surface area (Å²) in [7, 11) is 5.69. The van der Waals surface area contributed by atoms with Gasteiger partial charge in [-0.1, -0.05) is 50.6 Å². The Bertz CT molecular complexity index is 1230. The van der Waals surface area contributed by atoms with Crippen molar-refractivity contribution < 1.29 is 4.52 Å². The van der Waals surface area contributed by atoms with Crippen molar-refractivity contribution in [3.8, 4) is 12.8 Å². The SMILES string of the molecule is C#C.CC1CCCCC1.CN=C(N)c1noc(=O)[nH]1.CN[C@H](C)C1CCC1.Cc1nc(C2(C3=NCCN3C)CC2)c(C)s1. The number of hydrogen-bond donors (Lipinski definition) is 3. The minimum atomic E-state index is -0.637. The maximum atomic E-state index is 10.3. The summed E-state index contributed by atoms with van der Waals surface area (Å²) in [5.41, 5.74) is 6.74. The van der Waals surface area contributed by atoms with Gasteiger partial charge in [0.15, 0.2) is 5.84 Å². The highest BCUT2D eigenvalue weighted by molar-refractivity contribution is 7.11. The molecule has 0 unspecified atom stereocenters. The largest absolute Gasteiger partial charge is 0.439 e. The number of terminal acetylenes is 1. The molecular weight excluding hydrogens is 560 g/mol. The Morgan fingerprint density at radius 2 is 1.84 bits per heavy atom. The van der Waals surface area contributed by atoms with E-state index in [1.807, 2.05) is 18.4 Å². The predicted molar refractivity (Wildman–Crippen MR) is 179 cm³/mol. The predicted octanol–water partition coefficient (Wildman–Crippen LogP) is 5.06. The molecule has 2 aromatic heterocycles. The second kappa shape index (κ2) is 18.0. The highest BCUT2D eigenvalue weighted by atomic mass is 32.1. The van der Waals surface area contributed by atoms with Crippen molar-refractivity contribution >= 4 is 23.0 Å². The topological polar surface area (TPSA) is 138 Å². The number of aryl methyl sites for hydroxylation is 2. The fourth-order valence-corrected chi connectivity index (χ4v) is 6.56. The number of likely N-dealkylation sites (N-methyl/N-ethyl adjacent to an activating group) is 1. The fraction of sp³-hybridized carbons (Fsp3) is 0.719. The van der Waals surface area contributed by atoms with Crippen molar-refractivity contribution in [3.63, 3.8) is 0 Å². The van der Waals surface area contributed by atoms with Gasteiger partial charge < -0.3 is 16.0 Å². The summed E-state index contributed by atoms with van der Waals surface area (Å²) in [5, 5.41) is 7.74. The number of nitrogens with one attached hydrogen (secondary N) is 2. The number of nitrogens with zero attached hydrogens (tertiary/aromatic N) is 5. The van der Waals surface area contributed by atoms with Gasteiger partial charge in [0, 0.05) is 31.6 Å². The van der Waals surface area contributed by atoms with Crippen LogP contribution < -0.4 is 16.8 Å². The normalized spacial score (nSPS) is 19.9. The monoisotopic (exact) mass is 614 g/mol. The van der Waals surface area contributed by atoms with Crippen LogP contribution in [-0.4, -0.2) is 72.0 Å². The number of aromatic amines is 1. The molecule has 0 amide bonds. The van der Waals surface area contributed by atoms with E-state index in [1.165, 1.54) is 92.7 Å². The first-order valence-electron chi connectivity index (χ1n) is 15.6. The van der Waals surface area contributed by atoms with Crippen molar-refractivity contribution in [2.24, 2.45) is 27.6 Å². The van der Waals surface area contributed by atoms with Gasteiger partial charge in [0.1, 0.15) is 5.84 Å². The maximum absolute atomic E-state index is 10.3. The summed E-state index contributed by atoms with van der Waals surface area (Å²) in [6, 6.07) is 0.753. The molecule has 4 aliphatic rings. The minimum absolute atomic E-state index is 0.144. The third-order valence-electron chi connectivity index (χ3n) is 8.72. The minimum Gasteiger partial charge on any atom is -0.381 e. The van der Waals surface area contributed by atoms with E-state index in [1.54, 1.807) is 0 Å². The van der Waals surface area contributed by atoms with Crippen molar-refractivity contribution in [2.45, 2.75) is 103 Å². The van der Waals surface area contributed by atoms with Gasteiger partial charge in [0.25, 0.3) is 0 Å². The molecule has 3 aliphatic carbocycles. The van der Waals surface area contributed by atoms with Crippen LogP contribution in [-0.2, 0) is 5.41 Å². The van der Waals surface area contributed by atoms with E-state index in [-0.39, 0.29) is 17.1 Å². The number of rotatable bonds is 5. The third kappa shape index (κ3) is 10.6. The Morgan fingerprint density at radius 1 is 1.19 bits per heavy atom. The molecule has 0 spiro atoms. The van der Waals surface area contributed by atoms with Crippen molar-refractivity contribution in [3.05, 3.63) is 32.0 Å². The van der Waals surface area contributed by atoms with Crippen molar-refractivity contribution in [1.82, 2.24) is 25.3 Å². The molecule has 3 fully saturated rings. The molecule has 3 heterocycles. The number of aromatic nitrogens is 3. The van der Waals surface area contributed by atoms with Crippen LogP contribution in [0.5, 0.6) is 0 Å². The Labute approximate surface area is 262 Å².